The standard InChI is InChI=1S/C10H15N3O2/c11-9-4-5-13(12-9)6-10(14)15-7-8-2-1-3-8/h4-5,8H,1-3,6-7H2,(H2,11,12). The van der Waals surface area contributed by atoms with Crippen molar-refractivity contribution < 1.29 is 9.53 Å². The van der Waals surface area contributed by atoms with Gasteiger partial charge in [0.25, 0.3) is 0 Å². The van der Waals surface area contributed by atoms with E-state index >= 15 is 0 Å². The minimum absolute atomic E-state index is 0.143. The second-order valence-corrected chi connectivity index (χ2v) is 3.92. The van der Waals surface area contributed by atoms with Gasteiger partial charge < -0.3 is 10.5 Å². The highest BCUT2D eigenvalue weighted by Crippen LogP contribution is 2.26. The average molecular weight is 209 g/mol. The molecule has 0 atom stereocenters. The maximum atomic E-state index is 11.3. The maximum Gasteiger partial charge on any atom is 0.327 e. The number of ether oxygens (including phenoxy) is 1. The highest BCUT2D eigenvalue weighted by atomic mass is 16.5. The van der Waals surface area contributed by atoms with E-state index in [1.807, 2.05) is 0 Å². The molecule has 0 saturated heterocycles. The van der Waals surface area contributed by atoms with Crippen molar-refractivity contribution >= 4 is 11.8 Å². The number of anilines is 1. The van der Waals surface area contributed by atoms with Crippen LogP contribution in [-0.4, -0.2) is 22.4 Å². The van der Waals surface area contributed by atoms with Crippen molar-refractivity contribution in [3.05, 3.63) is 12.3 Å². The summed E-state index contributed by atoms with van der Waals surface area (Å²) in [6, 6.07) is 1.65. The number of carbonyl (C=O) groups is 1. The van der Waals surface area contributed by atoms with Crippen molar-refractivity contribution in [1.82, 2.24) is 9.78 Å². The van der Waals surface area contributed by atoms with Gasteiger partial charge in [-0.05, 0) is 24.8 Å². The van der Waals surface area contributed by atoms with Crippen LogP contribution in [-0.2, 0) is 16.1 Å². The number of esters is 1. The van der Waals surface area contributed by atoms with Gasteiger partial charge in [-0.3, -0.25) is 9.48 Å². The molecule has 5 nitrogen and oxygen atoms in total. The van der Waals surface area contributed by atoms with Crippen LogP contribution >= 0.6 is 0 Å². The SMILES string of the molecule is Nc1ccn(CC(=O)OCC2CCC2)n1. The molecule has 0 spiro atoms. The first-order valence-electron chi connectivity index (χ1n) is 5.18. The van der Waals surface area contributed by atoms with E-state index in [2.05, 4.69) is 5.10 Å². The Labute approximate surface area is 88.2 Å². The van der Waals surface area contributed by atoms with Crippen LogP contribution in [0.2, 0.25) is 0 Å². The number of carbonyl (C=O) groups excluding carboxylic acids is 1. The van der Waals surface area contributed by atoms with Gasteiger partial charge in [-0.25, -0.2) is 0 Å². The van der Waals surface area contributed by atoms with Crippen molar-refractivity contribution in [2.75, 3.05) is 12.3 Å². The fourth-order valence-electron chi connectivity index (χ4n) is 1.51. The van der Waals surface area contributed by atoms with E-state index in [1.54, 1.807) is 12.3 Å². The number of aromatic nitrogens is 2. The van der Waals surface area contributed by atoms with Gasteiger partial charge in [-0.2, -0.15) is 5.10 Å². The van der Waals surface area contributed by atoms with Crippen LogP contribution < -0.4 is 5.73 Å². The summed E-state index contributed by atoms with van der Waals surface area (Å²) in [5.74, 6) is 0.753. The molecule has 82 valence electrons. The first kappa shape index (κ1) is 10.0. The molecule has 1 aliphatic rings. The Morgan fingerprint density at radius 2 is 2.47 bits per heavy atom. The second-order valence-electron chi connectivity index (χ2n) is 3.92. The van der Waals surface area contributed by atoms with Crippen LogP contribution in [0.25, 0.3) is 0 Å². The van der Waals surface area contributed by atoms with E-state index in [4.69, 9.17) is 10.5 Å². The van der Waals surface area contributed by atoms with Crippen molar-refractivity contribution in [2.45, 2.75) is 25.8 Å². The molecule has 0 aromatic carbocycles. The summed E-state index contributed by atoms with van der Waals surface area (Å²) in [6.07, 6.45) is 5.29. The van der Waals surface area contributed by atoms with Crippen LogP contribution in [0.3, 0.4) is 0 Å². The van der Waals surface area contributed by atoms with Gasteiger partial charge in [0.2, 0.25) is 0 Å². The summed E-state index contributed by atoms with van der Waals surface area (Å²) in [5.41, 5.74) is 5.42. The third-order valence-electron chi connectivity index (χ3n) is 2.66. The van der Waals surface area contributed by atoms with E-state index in [0.29, 0.717) is 18.3 Å². The first-order valence-corrected chi connectivity index (χ1v) is 5.18. The summed E-state index contributed by atoms with van der Waals surface area (Å²) in [5, 5.41) is 3.91. The highest BCUT2D eigenvalue weighted by Gasteiger charge is 2.19. The van der Waals surface area contributed by atoms with Crippen molar-refractivity contribution in [3.63, 3.8) is 0 Å². The quantitative estimate of drug-likeness (QED) is 0.745. The van der Waals surface area contributed by atoms with Gasteiger partial charge in [0.05, 0.1) is 6.61 Å². The summed E-state index contributed by atoms with van der Waals surface area (Å²) < 4.78 is 6.60. The smallest absolute Gasteiger partial charge is 0.327 e. The monoisotopic (exact) mass is 209 g/mol. The number of nitrogen functional groups attached to an aromatic ring is 1. The van der Waals surface area contributed by atoms with Gasteiger partial charge in [0.15, 0.2) is 0 Å². The molecule has 1 heterocycles. The molecule has 0 aliphatic heterocycles. The lowest BCUT2D eigenvalue weighted by Gasteiger charge is -2.24. The molecule has 0 unspecified atom stereocenters. The van der Waals surface area contributed by atoms with Gasteiger partial charge in [-0.15, -0.1) is 0 Å². The molecule has 1 saturated carbocycles. The Balaban J connectivity index is 1.71. The number of nitrogens with zero attached hydrogens (tertiary/aromatic N) is 2. The van der Waals surface area contributed by atoms with Crippen molar-refractivity contribution in [1.29, 1.82) is 0 Å². The largest absolute Gasteiger partial charge is 0.464 e. The topological polar surface area (TPSA) is 70.1 Å². The van der Waals surface area contributed by atoms with E-state index in [-0.39, 0.29) is 12.5 Å². The summed E-state index contributed by atoms with van der Waals surface area (Å²) in [7, 11) is 0. The first-order chi connectivity index (χ1) is 7.24. The molecule has 0 amide bonds. The molecule has 2 N–H and O–H groups in total. The summed E-state index contributed by atoms with van der Waals surface area (Å²) in [6.45, 7) is 0.694. The Morgan fingerprint density at radius 3 is 3.00 bits per heavy atom. The Kier molecular flexibility index (Phi) is 2.89. The van der Waals surface area contributed by atoms with E-state index in [9.17, 15) is 4.79 Å². The predicted molar refractivity (Wildman–Crippen MR) is 54.9 cm³/mol. The van der Waals surface area contributed by atoms with Gasteiger partial charge in [0, 0.05) is 6.20 Å². The average Bonchev–Trinajstić information content (AvgIpc) is 2.48. The summed E-state index contributed by atoms with van der Waals surface area (Å²) in [4.78, 5) is 11.3. The summed E-state index contributed by atoms with van der Waals surface area (Å²) >= 11 is 0. The van der Waals surface area contributed by atoms with Crippen LogP contribution in [0.5, 0.6) is 0 Å². The number of hydrogen-bond donors (Lipinski definition) is 1. The predicted octanol–water partition coefficient (Wildman–Crippen LogP) is 0.809. The van der Waals surface area contributed by atoms with Crippen LogP contribution in [0.15, 0.2) is 12.3 Å². The molecular formula is C10H15N3O2. The molecule has 1 aromatic rings. The maximum absolute atomic E-state index is 11.3. The lowest BCUT2D eigenvalue weighted by molar-refractivity contribution is -0.146. The Bertz CT molecular complexity index is 344. The molecule has 0 bridgehead atoms. The van der Waals surface area contributed by atoms with Gasteiger partial charge in [-0.1, -0.05) is 6.42 Å². The molecular weight excluding hydrogens is 194 g/mol. The minimum atomic E-state index is -0.245. The zero-order valence-electron chi connectivity index (χ0n) is 8.56. The van der Waals surface area contributed by atoms with Crippen molar-refractivity contribution in [3.8, 4) is 0 Å². The molecule has 15 heavy (non-hydrogen) atoms. The van der Waals surface area contributed by atoms with Crippen LogP contribution in [0, 0.1) is 5.92 Å². The molecule has 2 rings (SSSR count). The normalized spacial score (nSPS) is 16.0. The number of hydrogen-bond acceptors (Lipinski definition) is 4. The molecule has 1 fully saturated rings. The minimum Gasteiger partial charge on any atom is -0.464 e. The number of nitrogens with two attached hydrogens (primary N) is 1. The lowest BCUT2D eigenvalue weighted by Crippen LogP contribution is -2.22. The third kappa shape index (κ3) is 2.71. The van der Waals surface area contributed by atoms with Gasteiger partial charge >= 0.3 is 5.97 Å². The third-order valence-corrected chi connectivity index (χ3v) is 2.66. The fraction of sp³-hybridized carbons (Fsp3) is 0.600. The van der Waals surface area contributed by atoms with E-state index in [1.165, 1.54) is 23.9 Å². The van der Waals surface area contributed by atoms with Gasteiger partial charge in [0.1, 0.15) is 12.4 Å². The van der Waals surface area contributed by atoms with Crippen LogP contribution in [0.4, 0.5) is 5.82 Å². The van der Waals surface area contributed by atoms with E-state index < -0.39 is 0 Å². The molecule has 0 radical (unpaired) electrons. The zero-order chi connectivity index (χ0) is 10.7. The molecule has 1 aromatic heterocycles. The Hall–Kier alpha value is -1.52. The fourth-order valence-corrected chi connectivity index (χ4v) is 1.51. The highest BCUT2D eigenvalue weighted by molar-refractivity contribution is 5.69. The van der Waals surface area contributed by atoms with Crippen molar-refractivity contribution in [2.24, 2.45) is 5.92 Å². The number of rotatable bonds is 4. The molecule has 1 aliphatic carbocycles. The lowest BCUT2D eigenvalue weighted by atomic mass is 9.86. The second kappa shape index (κ2) is 4.33. The zero-order valence-corrected chi connectivity index (χ0v) is 8.56. The molecule has 5 heteroatoms. The van der Waals surface area contributed by atoms with Crippen LogP contribution in [0.1, 0.15) is 19.3 Å². The Morgan fingerprint density at radius 1 is 1.67 bits per heavy atom. The van der Waals surface area contributed by atoms with E-state index in [0.717, 1.165) is 0 Å².